The second-order valence-electron chi connectivity index (χ2n) is 5.21. The Morgan fingerprint density at radius 2 is 1.80 bits per heavy atom. The Balaban J connectivity index is 1.75. The van der Waals surface area contributed by atoms with E-state index in [-0.39, 0.29) is 18.2 Å². The number of hydrogen-bond donors (Lipinski definition) is 2. The number of nitrogens with one attached hydrogen (secondary N) is 2. The predicted molar refractivity (Wildman–Crippen MR) is 92.8 cm³/mol. The Labute approximate surface area is 146 Å². The van der Waals surface area contributed by atoms with Gasteiger partial charge in [0, 0.05) is 25.5 Å². The van der Waals surface area contributed by atoms with Crippen molar-refractivity contribution in [2.45, 2.75) is 6.42 Å². The summed E-state index contributed by atoms with van der Waals surface area (Å²) in [5.74, 6) is 0.839. The van der Waals surface area contributed by atoms with Crippen molar-refractivity contribution in [3.05, 3.63) is 53.9 Å². The predicted octanol–water partition coefficient (Wildman–Crippen LogP) is 1.19. The van der Waals surface area contributed by atoms with E-state index < -0.39 is 0 Å². The van der Waals surface area contributed by atoms with Gasteiger partial charge in [0.1, 0.15) is 0 Å². The Kier molecular flexibility index (Phi) is 6.76. The second kappa shape index (κ2) is 9.27. The first-order valence-corrected chi connectivity index (χ1v) is 7.80. The Morgan fingerprint density at radius 3 is 2.48 bits per heavy atom. The first-order chi connectivity index (χ1) is 12.1. The van der Waals surface area contributed by atoms with Crippen molar-refractivity contribution in [3.8, 4) is 11.5 Å². The molecule has 7 heteroatoms. The fraction of sp³-hybridized carbons (Fsp3) is 0.278. The van der Waals surface area contributed by atoms with E-state index in [2.05, 4.69) is 15.6 Å². The molecule has 25 heavy (non-hydrogen) atoms. The summed E-state index contributed by atoms with van der Waals surface area (Å²) in [5, 5.41) is 5.48. The van der Waals surface area contributed by atoms with Crippen LogP contribution in [0.2, 0.25) is 0 Å². The Hall–Kier alpha value is -3.09. The highest BCUT2D eigenvalue weighted by Crippen LogP contribution is 2.27. The summed E-state index contributed by atoms with van der Waals surface area (Å²) in [6.45, 7) is 0.684. The first-order valence-electron chi connectivity index (χ1n) is 7.80. The molecule has 0 aliphatic carbocycles. The highest BCUT2D eigenvalue weighted by atomic mass is 16.5. The van der Waals surface area contributed by atoms with Gasteiger partial charge in [-0.3, -0.25) is 14.6 Å². The normalized spacial score (nSPS) is 10.0. The van der Waals surface area contributed by atoms with Crippen molar-refractivity contribution in [1.29, 1.82) is 0 Å². The van der Waals surface area contributed by atoms with Crippen molar-refractivity contribution >= 4 is 11.8 Å². The van der Waals surface area contributed by atoms with Crippen LogP contribution in [0.3, 0.4) is 0 Å². The minimum Gasteiger partial charge on any atom is -0.493 e. The lowest BCUT2D eigenvalue weighted by Crippen LogP contribution is -2.35. The quantitative estimate of drug-likeness (QED) is 0.703. The number of carbonyl (C=O) groups excluding carboxylic acids is 2. The van der Waals surface area contributed by atoms with Crippen LogP contribution in [0, 0.1) is 0 Å². The molecule has 0 aliphatic heterocycles. The molecule has 0 saturated heterocycles. The van der Waals surface area contributed by atoms with E-state index in [1.807, 2.05) is 6.07 Å². The van der Waals surface area contributed by atoms with Crippen molar-refractivity contribution in [1.82, 2.24) is 15.6 Å². The largest absolute Gasteiger partial charge is 0.493 e. The molecule has 0 atom stereocenters. The molecule has 2 rings (SSSR count). The third-order valence-electron chi connectivity index (χ3n) is 3.47. The number of benzene rings is 1. The molecule has 2 N–H and O–H groups in total. The number of nitrogens with zero attached hydrogens (tertiary/aromatic N) is 1. The molecule has 0 fully saturated rings. The molecule has 1 heterocycles. The van der Waals surface area contributed by atoms with Gasteiger partial charge < -0.3 is 20.1 Å². The summed E-state index contributed by atoms with van der Waals surface area (Å²) in [7, 11) is 3.11. The Bertz CT molecular complexity index is 720. The minimum absolute atomic E-state index is 0.136. The second-order valence-corrected chi connectivity index (χ2v) is 5.21. The summed E-state index contributed by atoms with van der Waals surface area (Å²) in [6, 6.07) is 8.71. The van der Waals surface area contributed by atoms with Gasteiger partial charge in [0.2, 0.25) is 5.91 Å². The molecule has 1 aromatic heterocycles. The maximum Gasteiger partial charge on any atom is 0.252 e. The molecule has 7 nitrogen and oxygen atoms in total. The average Bonchev–Trinajstić information content (AvgIpc) is 2.65. The van der Waals surface area contributed by atoms with E-state index in [0.29, 0.717) is 30.2 Å². The number of methoxy groups -OCH3 is 2. The molecule has 0 spiro atoms. The van der Waals surface area contributed by atoms with E-state index in [1.54, 1.807) is 44.7 Å². The average molecular weight is 343 g/mol. The lowest BCUT2D eigenvalue weighted by molar-refractivity contribution is -0.120. The van der Waals surface area contributed by atoms with Crippen LogP contribution in [0.25, 0.3) is 0 Å². The zero-order chi connectivity index (χ0) is 18.1. The fourth-order valence-electron chi connectivity index (χ4n) is 2.22. The first kappa shape index (κ1) is 18.3. The Morgan fingerprint density at radius 1 is 1.04 bits per heavy atom. The number of hydrogen-bond acceptors (Lipinski definition) is 5. The molecular formula is C18H21N3O4. The molecule has 0 aliphatic rings. The van der Waals surface area contributed by atoms with Gasteiger partial charge in [-0.2, -0.15) is 0 Å². The molecule has 0 unspecified atom stereocenters. The van der Waals surface area contributed by atoms with Gasteiger partial charge in [-0.25, -0.2) is 0 Å². The van der Waals surface area contributed by atoms with E-state index in [0.717, 1.165) is 5.56 Å². The minimum atomic E-state index is -0.220. The van der Waals surface area contributed by atoms with Crippen LogP contribution in [0.4, 0.5) is 0 Å². The van der Waals surface area contributed by atoms with Crippen LogP contribution in [0.1, 0.15) is 15.9 Å². The maximum absolute atomic E-state index is 12.0. The zero-order valence-corrected chi connectivity index (χ0v) is 14.2. The van der Waals surface area contributed by atoms with Crippen LogP contribution in [-0.4, -0.2) is 44.1 Å². The maximum atomic E-state index is 12.0. The van der Waals surface area contributed by atoms with Gasteiger partial charge in [-0.15, -0.1) is 0 Å². The summed E-state index contributed by atoms with van der Waals surface area (Å²) in [4.78, 5) is 27.7. The molecule has 0 radical (unpaired) electrons. The van der Waals surface area contributed by atoms with E-state index in [9.17, 15) is 9.59 Å². The van der Waals surface area contributed by atoms with Gasteiger partial charge in [0.15, 0.2) is 11.5 Å². The van der Waals surface area contributed by atoms with Crippen molar-refractivity contribution < 1.29 is 19.1 Å². The highest BCUT2D eigenvalue weighted by Gasteiger charge is 2.09. The number of aromatic nitrogens is 1. The summed E-state index contributed by atoms with van der Waals surface area (Å²) in [5.41, 5.74) is 1.30. The lowest BCUT2D eigenvalue weighted by atomic mass is 10.1. The molecule has 132 valence electrons. The van der Waals surface area contributed by atoms with Crippen LogP contribution < -0.4 is 20.1 Å². The monoisotopic (exact) mass is 343 g/mol. The number of amides is 2. The van der Waals surface area contributed by atoms with E-state index in [4.69, 9.17) is 9.47 Å². The van der Waals surface area contributed by atoms with Crippen LogP contribution >= 0.6 is 0 Å². The molecule has 0 bridgehead atoms. The summed E-state index contributed by atoms with van der Waals surface area (Å²) >= 11 is 0. The lowest BCUT2D eigenvalue weighted by Gasteiger charge is -2.10. The standard InChI is InChI=1S/C18H21N3O4/c1-24-15-6-5-13(10-16(15)25-2)11-17(22)20-8-9-21-18(23)14-4-3-7-19-12-14/h3-7,10,12H,8-9,11H2,1-2H3,(H,20,22)(H,21,23). The third-order valence-corrected chi connectivity index (χ3v) is 3.47. The number of rotatable bonds is 8. The fourth-order valence-corrected chi connectivity index (χ4v) is 2.22. The SMILES string of the molecule is COc1ccc(CC(=O)NCCNC(=O)c2cccnc2)cc1OC. The number of pyridine rings is 1. The summed E-state index contributed by atoms with van der Waals surface area (Å²) in [6.07, 6.45) is 3.31. The molecule has 2 aromatic rings. The molecular weight excluding hydrogens is 322 g/mol. The summed E-state index contributed by atoms with van der Waals surface area (Å²) < 4.78 is 10.4. The molecule has 0 saturated carbocycles. The molecule has 2 amide bonds. The van der Waals surface area contributed by atoms with Gasteiger partial charge in [-0.05, 0) is 29.8 Å². The van der Waals surface area contributed by atoms with Crippen molar-refractivity contribution in [2.75, 3.05) is 27.3 Å². The van der Waals surface area contributed by atoms with E-state index >= 15 is 0 Å². The zero-order valence-electron chi connectivity index (χ0n) is 14.2. The van der Waals surface area contributed by atoms with Crippen molar-refractivity contribution in [3.63, 3.8) is 0 Å². The van der Waals surface area contributed by atoms with E-state index in [1.165, 1.54) is 6.20 Å². The van der Waals surface area contributed by atoms with Crippen molar-refractivity contribution in [2.24, 2.45) is 0 Å². The van der Waals surface area contributed by atoms with Crippen LogP contribution in [0.5, 0.6) is 11.5 Å². The van der Waals surface area contributed by atoms with Gasteiger partial charge >= 0.3 is 0 Å². The van der Waals surface area contributed by atoms with Gasteiger partial charge in [0.25, 0.3) is 5.91 Å². The topological polar surface area (TPSA) is 89.6 Å². The number of carbonyl (C=O) groups is 2. The van der Waals surface area contributed by atoms with Crippen LogP contribution in [0.15, 0.2) is 42.7 Å². The van der Waals surface area contributed by atoms with Gasteiger partial charge in [-0.1, -0.05) is 6.07 Å². The highest BCUT2D eigenvalue weighted by molar-refractivity contribution is 5.93. The third kappa shape index (κ3) is 5.49. The number of ether oxygens (including phenoxy) is 2. The molecule has 1 aromatic carbocycles. The van der Waals surface area contributed by atoms with Crippen LogP contribution in [-0.2, 0) is 11.2 Å². The smallest absolute Gasteiger partial charge is 0.252 e. The van der Waals surface area contributed by atoms with Gasteiger partial charge in [0.05, 0.1) is 26.2 Å².